The monoisotopic (exact) mass is 338 g/mol. The van der Waals surface area contributed by atoms with E-state index in [9.17, 15) is 4.79 Å². The van der Waals surface area contributed by atoms with Crippen LogP contribution in [0, 0.1) is 6.92 Å². The molecule has 3 heterocycles. The molecule has 2 aromatic heterocycles. The van der Waals surface area contributed by atoms with Crippen LogP contribution in [-0.4, -0.2) is 39.6 Å². The van der Waals surface area contributed by atoms with E-state index in [1.54, 1.807) is 13.3 Å². The highest BCUT2D eigenvalue weighted by molar-refractivity contribution is 6.07. The van der Waals surface area contributed by atoms with Crippen LogP contribution in [0.4, 0.5) is 0 Å². The molecule has 0 saturated carbocycles. The maximum Gasteiger partial charge on any atom is 0.256 e. The average molecular weight is 338 g/mol. The summed E-state index contributed by atoms with van der Waals surface area (Å²) >= 11 is 0. The Morgan fingerprint density at radius 2 is 2.24 bits per heavy atom. The van der Waals surface area contributed by atoms with E-state index < -0.39 is 0 Å². The van der Waals surface area contributed by atoms with Crippen molar-refractivity contribution in [1.29, 1.82) is 0 Å². The minimum atomic E-state index is 0.0539. The van der Waals surface area contributed by atoms with Gasteiger partial charge in [0, 0.05) is 23.6 Å². The summed E-state index contributed by atoms with van der Waals surface area (Å²) in [6, 6.07) is 5.81. The molecule has 3 aromatic rings. The third kappa shape index (κ3) is 2.67. The quantitative estimate of drug-likeness (QED) is 0.766. The van der Waals surface area contributed by atoms with Crippen molar-refractivity contribution in [3.8, 4) is 5.75 Å². The largest absolute Gasteiger partial charge is 0.497 e. The summed E-state index contributed by atoms with van der Waals surface area (Å²) in [5, 5.41) is 8.13. The fourth-order valence-corrected chi connectivity index (χ4v) is 3.73. The van der Waals surface area contributed by atoms with Crippen molar-refractivity contribution in [3.63, 3.8) is 0 Å². The Balaban J connectivity index is 1.72. The first-order valence-corrected chi connectivity index (χ1v) is 8.65. The van der Waals surface area contributed by atoms with Gasteiger partial charge in [0.2, 0.25) is 0 Å². The van der Waals surface area contributed by atoms with Crippen LogP contribution in [0.5, 0.6) is 5.75 Å². The molecule has 1 aromatic carbocycles. The van der Waals surface area contributed by atoms with Crippen molar-refractivity contribution in [1.82, 2.24) is 20.1 Å². The maximum absolute atomic E-state index is 13.3. The summed E-state index contributed by atoms with van der Waals surface area (Å²) in [6.07, 6.45) is 6.73. The maximum atomic E-state index is 13.3. The zero-order valence-corrected chi connectivity index (χ0v) is 14.5. The van der Waals surface area contributed by atoms with Crippen molar-refractivity contribution in [3.05, 3.63) is 47.4 Å². The molecule has 0 bridgehead atoms. The second kappa shape index (κ2) is 6.27. The summed E-state index contributed by atoms with van der Waals surface area (Å²) in [5.74, 6) is 0.805. The van der Waals surface area contributed by atoms with E-state index in [1.165, 1.54) is 0 Å². The smallest absolute Gasteiger partial charge is 0.256 e. The Morgan fingerprint density at radius 3 is 3.00 bits per heavy atom. The zero-order valence-electron chi connectivity index (χ0n) is 14.5. The van der Waals surface area contributed by atoms with Crippen LogP contribution in [-0.2, 0) is 0 Å². The van der Waals surface area contributed by atoms with Gasteiger partial charge in [-0.05, 0) is 49.9 Å². The Labute approximate surface area is 146 Å². The molecule has 1 aliphatic rings. The summed E-state index contributed by atoms with van der Waals surface area (Å²) in [7, 11) is 1.64. The molecule has 1 amide bonds. The first kappa shape index (κ1) is 15.7. The number of carbonyl (C=O) groups excluding carboxylic acids is 1. The van der Waals surface area contributed by atoms with Crippen LogP contribution in [0.3, 0.4) is 0 Å². The molecule has 1 aliphatic heterocycles. The van der Waals surface area contributed by atoms with Gasteiger partial charge in [0.15, 0.2) is 0 Å². The molecular formula is C19H22N4O2. The fraction of sp³-hybridized carbons (Fsp3) is 0.368. The molecule has 2 N–H and O–H groups in total. The number of nitrogens with one attached hydrogen (secondary N) is 2. The number of H-pyrrole nitrogens is 2. The highest BCUT2D eigenvalue weighted by atomic mass is 16.5. The van der Waals surface area contributed by atoms with Gasteiger partial charge in [0.25, 0.3) is 5.91 Å². The van der Waals surface area contributed by atoms with Crippen molar-refractivity contribution in [2.75, 3.05) is 13.7 Å². The number of piperidine rings is 1. The highest BCUT2D eigenvalue weighted by Gasteiger charge is 2.31. The Morgan fingerprint density at radius 1 is 1.36 bits per heavy atom. The van der Waals surface area contributed by atoms with Crippen LogP contribution in [0.25, 0.3) is 10.9 Å². The van der Waals surface area contributed by atoms with Crippen molar-refractivity contribution in [2.24, 2.45) is 0 Å². The number of hydrogen-bond acceptors (Lipinski definition) is 3. The molecule has 25 heavy (non-hydrogen) atoms. The van der Waals surface area contributed by atoms with Gasteiger partial charge in [0.05, 0.1) is 30.6 Å². The van der Waals surface area contributed by atoms with Crippen molar-refractivity contribution < 1.29 is 9.53 Å². The van der Waals surface area contributed by atoms with E-state index in [0.29, 0.717) is 5.56 Å². The van der Waals surface area contributed by atoms with E-state index in [4.69, 9.17) is 4.74 Å². The second-order valence-electron chi connectivity index (χ2n) is 6.59. The average Bonchev–Trinajstić information content (AvgIpc) is 3.26. The Hall–Kier alpha value is -2.76. The van der Waals surface area contributed by atoms with E-state index >= 15 is 0 Å². The third-order valence-electron chi connectivity index (χ3n) is 5.08. The minimum absolute atomic E-state index is 0.0539. The lowest BCUT2D eigenvalue weighted by molar-refractivity contribution is 0.0607. The molecule has 1 saturated heterocycles. The standard InChI is InChI=1S/C19H22N4O2/c1-12-10-21-22-18(12)17-5-3-4-8-23(17)19(24)15-11-20-16-7-6-13(25-2)9-14(15)16/h6-7,9-11,17,20H,3-5,8H2,1-2H3,(H,21,22)/t17-/m0/s1. The molecule has 0 radical (unpaired) electrons. The number of fused-ring (bicyclic) bond motifs is 1. The number of rotatable bonds is 3. The SMILES string of the molecule is COc1ccc2[nH]cc(C(=O)N3CCCC[C@H]3c3[nH]ncc3C)c2c1. The lowest BCUT2D eigenvalue weighted by Crippen LogP contribution is -2.38. The van der Waals surface area contributed by atoms with E-state index in [2.05, 4.69) is 15.2 Å². The molecule has 6 heteroatoms. The van der Waals surface area contributed by atoms with Gasteiger partial charge in [-0.15, -0.1) is 0 Å². The topological polar surface area (TPSA) is 74.0 Å². The summed E-state index contributed by atoms with van der Waals surface area (Å²) in [5.41, 5.74) is 3.78. The normalized spacial score (nSPS) is 17.8. The van der Waals surface area contributed by atoms with Crippen LogP contribution in [0.15, 0.2) is 30.6 Å². The van der Waals surface area contributed by atoms with E-state index in [0.717, 1.165) is 53.7 Å². The van der Waals surface area contributed by atoms with Gasteiger partial charge in [-0.3, -0.25) is 9.89 Å². The molecule has 4 rings (SSSR count). The number of carbonyl (C=O) groups is 1. The number of aryl methyl sites for hydroxylation is 1. The van der Waals surface area contributed by atoms with Crippen LogP contribution in [0.2, 0.25) is 0 Å². The Bertz CT molecular complexity index is 911. The number of aromatic amines is 2. The molecule has 6 nitrogen and oxygen atoms in total. The molecule has 0 aliphatic carbocycles. The van der Waals surface area contributed by atoms with Gasteiger partial charge in [-0.25, -0.2) is 0 Å². The molecule has 1 fully saturated rings. The summed E-state index contributed by atoms with van der Waals surface area (Å²) in [6.45, 7) is 2.80. The fourth-order valence-electron chi connectivity index (χ4n) is 3.73. The summed E-state index contributed by atoms with van der Waals surface area (Å²) in [4.78, 5) is 18.5. The highest BCUT2D eigenvalue weighted by Crippen LogP contribution is 2.34. The number of nitrogens with zero attached hydrogens (tertiary/aromatic N) is 2. The molecule has 1 atom stereocenters. The lowest BCUT2D eigenvalue weighted by Gasteiger charge is -2.35. The zero-order chi connectivity index (χ0) is 17.4. The first-order chi connectivity index (χ1) is 12.2. The molecule has 0 unspecified atom stereocenters. The van der Waals surface area contributed by atoms with Gasteiger partial charge in [-0.1, -0.05) is 0 Å². The molecular weight excluding hydrogens is 316 g/mol. The van der Waals surface area contributed by atoms with Gasteiger partial charge < -0.3 is 14.6 Å². The molecule has 0 spiro atoms. The number of hydrogen-bond donors (Lipinski definition) is 2. The number of benzene rings is 1. The number of methoxy groups -OCH3 is 1. The Kier molecular flexibility index (Phi) is 3.95. The third-order valence-corrected chi connectivity index (χ3v) is 5.08. The predicted molar refractivity (Wildman–Crippen MR) is 95.8 cm³/mol. The van der Waals surface area contributed by atoms with Crippen molar-refractivity contribution >= 4 is 16.8 Å². The van der Waals surface area contributed by atoms with E-state index in [1.807, 2.05) is 36.2 Å². The minimum Gasteiger partial charge on any atom is -0.497 e. The number of ether oxygens (including phenoxy) is 1. The van der Waals surface area contributed by atoms with Gasteiger partial charge in [0.1, 0.15) is 5.75 Å². The van der Waals surface area contributed by atoms with Gasteiger partial charge in [-0.2, -0.15) is 5.10 Å². The summed E-state index contributed by atoms with van der Waals surface area (Å²) < 4.78 is 5.32. The number of amides is 1. The molecule has 130 valence electrons. The predicted octanol–water partition coefficient (Wildman–Crippen LogP) is 3.58. The first-order valence-electron chi connectivity index (χ1n) is 8.65. The van der Waals surface area contributed by atoms with Crippen LogP contribution in [0.1, 0.15) is 46.9 Å². The van der Waals surface area contributed by atoms with E-state index in [-0.39, 0.29) is 11.9 Å². The van der Waals surface area contributed by atoms with Gasteiger partial charge >= 0.3 is 0 Å². The van der Waals surface area contributed by atoms with Crippen molar-refractivity contribution in [2.45, 2.75) is 32.2 Å². The van der Waals surface area contributed by atoms with Crippen LogP contribution >= 0.6 is 0 Å². The van der Waals surface area contributed by atoms with Crippen LogP contribution < -0.4 is 4.74 Å². The second-order valence-corrected chi connectivity index (χ2v) is 6.59. The number of aromatic nitrogens is 3. The number of likely N-dealkylation sites (tertiary alicyclic amines) is 1. The lowest BCUT2D eigenvalue weighted by atomic mass is 9.96.